The minimum atomic E-state index is -0.170. The van der Waals surface area contributed by atoms with Gasteiger partial charge in [0.1, 0.15) is 11.8 Å². The largest absolute Gasteiger partial charge is 0.311 e. The Labute approximate surface area is 79.6 Å². The summed E-state index contributed by atoms with van der Waals surface area (Å²) < 4.78 is 1.74. The number of fused-ring (bicyclic) bond motifs is 1. The monoisotopic (exact) mass is 197 g/mol. The lowest BCUT2D eigenvalue weighted by molar-refractivity contribution is 0.583. The zero-order valence-electron chi connectivity index (χ0n) is 6.98. The summed E-state index contributed by atoms with van der Waals surface area (Å²) in [7, 11) is 0. The molecule has 1 unspecified atom stereocenters. The number of rotatable bonds is 1. The highest BCUT2D eigenvalue weighted by Gasteiger charge is 2.09. The number of hydrogen-bond donors (Lipinski definition) is 1. The number of aromatic nitrogens is 4. The van der Waals surface area contributed by atoms with Crippen molar-refractivity contribution in [2.45, 2.75) is 13.1 Å². The van der Waals surface area contributed by atoms with Gasteiger partial charge in [-0.1, -0.05) is 11.6 Å². The highest BCUT2D eigenvalue weighted by Crippen LogP contribution is 2.18. The minimum absolute atomic E-state index is 0.170. The van der Waals surface area contributed by atoms with Crippen molar-refractivity contribution in [2.24, 2.45) is 5.73 Å². The Kier molecular flexibility index (Phi) is 1.90. The Hall–Kier alpha value is -1.20. The molecule has 0 bridgehead atoms. The number of imidazole rings is 1. The van der Waals surface area contributed by atoms with Crippen molar-refractivity contribution in [2.75, 3.05) is 0 Å². The molecule has 0 fully saturated rings. The minimum Gasteiger partial charge on any atom is -0.311 e. The van der Waals surface area contributed by atoms with Crippen molar-refractivity contribution in [1.29, 1.82) is 0 Å². The first-order valence-electron chi connectivity index (χ1n) is 3.79. The van der Waals surface area contributed by atoms with Crippen LogP contribution in [0.15, 0.2) is 12.7 Å². The van der Waals surface area contributed by atoms with Gasteiger partial charge < -0.3 is 5.73 Å². The highest BCUT2D eigenvalue weighted by atomic mass is 35.5. The zero-order valence-corrected chi connectivity index (χ0v) is 7.73. The van der Waals surface area contributed by atoms with Crippen LogP contribution in [0.3, 0.4) is 0 Å². The van der Waals surface area contributed by atoms with E-state index < -0.39 is 0 Å². The Balaban J connectivity index is 2.75. The third-order valence-electron chi connectivity index (χ3n) is 1.75. The van der Waals surface area contributed by atoms with Gasteiger partial charge in [0.25, 0.3) is 0 Å². The fraction of sp³-hybridized carbons (Fsp3) is 0.286. The average molecular weight is 198 g/mol. The normalized spacial score (nSPS) is 13.5. The highest BCUT2D eigenvalue weighted by molar-refractivity contribution is 6.33. The summed E-state index contributed by atoms with van der Waals surface area (Å²) in [6, 6.07) is 0. The molecule has 0 aliphatic carbocycles. The van der Waals surface area contributed by atoms with Gasteiger partial charge in [0.2, 0.25) is 0 Å². The quantitative estimate of drug-likeness (QED) is 0.692. The van der Waals surface area contributed by atoms with E-state index in [4.69, 9.17) is 17.3 Å². The van der Waals surface area contributed by atoms with Crippen molar-refractivity contribution < 1.29 is 0 Å². The van der Waals surface area contributed by atoms with Crippen LogP contribution < -0.4 is 5.73 Å². The first kappa shape index (κ1) is 8.40. The lowest BCUT2D eigenvalue weighted by Gasteiger charge is -2.05. The average Bonchev–Trinajstić information content (AvgIpc) is 2.48. The maximum atomic E-state index is 5.81. The smallest absolute Gasteiger partial charge is 0.166 e. The molecule has 0 saturated heterocycles. The van der Waals surface area contributed by atoms with E-state index in [1.54, 1.807) is 10.9 Å². The summed E-state index contributed by atoms with van der Waals surface area (Å²) >= 11 is 5.81. The third kappa shape index (κ3) is 1.26. The van der Waals surface area contributed by atoms with Crippen LogP contribution in [0.25, 0.3) is 11.2 Å². The van der Waals surface area contributed by atoms with Crippen LogP contribution >= 0.6 is 11.6 Å². The fourth-order valence-electron chi connectivity index (χ4n) is 1.12. The van der Waals surface area contributed by atoms with Crippen molar-refractivity contribution >= 4 is 22.8 Å². The van der Waals surface area contributed by atoms with E-state index in [1.807, 2.05) is 6.92 Å². The van der Waals surface area contributed by atoms with Crippen LogP contribution in [-0.2, 0) is 0 Å². The molecule has 13 heavy (non-hydrogen) atoms. The van der Waals surface area contributed by atoms with E-state index in [-0.39, 0.29) is 6.17 Å². The summed E-state index contributed by atoms with van der Waals surface area (Å²) in [5.74, 6) is 0. The van der Waals surface area contributed by atoms with Gasteiger partial charge in [-0.15, -0.1) is 0 Å². The molecular formula is C7H8ClN5. The lowest BCUT2D eigenvalue weighted by atomic mass is 10.5. The van der Waals surface area contributed by atoms with Crippen LogP contribution in [0.4, 0.5) is 0 Å². The van der Waals surface area contributed by atoms with E-state index in [0.717, 1.165) is 0 Å². The molecule has 6 heteroatoms. The molecule has 0 aliphatic rings. The molecule has 1 atom stereocenters. The topological polar surface area (TPSA) is 69.6 Å². The number of nitrogens with zero attached hydrogens (tertiary/aromatic N) is 4. The Bertz CT molecular complexity index is 435. The summed E-state index contributed by atoms with van der Waals surface area (Å²) in [6.45, 7) is 1.84. The molecule has 2 aromatic rings. The van der Waals surface area contributed by atoms with Gasteiger partial charge in [0.05, 0.1) is 12.5 Å². The first-order chi connectivity index (χ1) is 6.20. The number of nitrogens with two attached hydrogens (primary N) is 1. The van der Waals surface area contributed by atoms with Gasteiger partial charge in [0, 0.05) is 0 Å². The Morgan fingerprint density at radius 1 is 1.46 bits per heavy atom. The van der Waals surface area contributed by atoms with E-state index in [1.165, 1.54) is 6.33 Å². The van der Waals surface area contributed by atoms with Gasteiger partial charge in [-0.25, -0.2) is 15.0 Å². The van der Waals surface area contributed by atoms with Gasteiger partial charge in [-0.05, 0) is 6.92 Å². The number of halogens is 1. The standard InChI is InChI=1S/C7H8ClN5/c1-4(9)13-3-12-5-6(8)10-2-11-7(5)13/h2-4H,9H2,1H3. The van der Waals surface area contributed by atoms with Crippen molar-refractivity contribution in [3.63, 3.8) is 0 Å². The molecular weight excluding hydrogens is 190 g/mol. The van der Waals surface area contributed by atoms with E-state index in [2.05, 4.69) is 15.0 Å². The molecule has 0 amide bonds. The molecule has 0 radical (unpaired) electrons. The third-order valence-corrected chi connectivity index (χ3v) is 2.03. The van der Waals surface area contributed by atoms with Crippen LogP contribution in [0.1, 0.15) is 13.1 Å². The fourth-order valence-corrected chi connectivity index (χ4v) is 1.30. The molecule has 5 nitrogen and oxygen atoms in total. The van der Waals surface area contributed by atoms with Gasteiger partial charge in [-0.3, -0.25) is 4.57 Å². The van der Waals surface area contributed by atoms with E-state index in [9.17, 15) is 0 Å². The summed E-state index contributed by atoms with van der Waals surface area (Å²) in [6.07, 6.45) is 2.83. The van der Waals surface area contributed by atoms with Crippen molar-refractivity contribution in [3.8, 4) is 0 Å². The number of hydrogen-bond acceptors (Lipinski definition) is 4. The Morgan fingerprint density at radius 2 is 2.23 bits per heavy atom. The van der Waals surface area contributed by atoms with Gasteiger partial charge in [0.15, 0.2) is 10.8 Å². The maximum Gasteiger partial charge on any atom is 0.166 e. The van der Waals surface area contributed by atoms with E-state index >= 15 is 0 Å². The van der Waals surface area contributed by atoms with Crippen LogP contribution in [0.5, 0.6) is 0 Å². The van der Waals surface area contributed by atoms with Crippen molar-refractivity contribution in [3.05, 3.63) is 17.8 Å². The molecule has 2 heterocycles. The second kappa shape index (κ2) is 2.93. The molecule has 2 aromatic heterocycles. The Morgan fingerprint density at radius 3 is 2.92 bits per heavy atom. The molecule has 0 spiro atoms. The van der Waals surface area contributed by atoms with Gasteiger partial charge >= 0.3 is 0 Å². The van der Waals surface area contributed by atoms with Crippen LogP contribution in [-0.4, -0.2) is 19.5 Å². The second-order valence-electron chi connectivity index (χ2n) is 2.73. The van der Waals surface area contributed by atoms with Crippen LogP contribution in [0.2, 0.25) is 5.15 Å². The molecule has 0 aromatic carbocycles. The maximum absolute atomic E-state index is 5.81. The molecule has 68 valence electrons. The molecule has 2 rings (SSSR count). The predicted octanol–water partition coefficient (Wildman–Crippen LogP) is 0.957. The van der Waals surface area contributed by atoms with E-state index in [0.29, 0.717) is 16.3 Å². The van der Waals surface area contributed by atoms with Crippen LogP contribution in [0, 0.1) is 0 Å². The molecule has 0 saturated carbocycles. The SMILES string of the molecule is CC(N)n1cnc2c(Cl)ncnc21. The van der Waals surface area contributed by atoms with Gasteiger partial charge in [-0.2, -0.15) is 0 Å². The molecule has 0 aliphatic heterocycles. The van der Waals surface area contributed by atoms with Crippen molar-refractivity contribution in [1.82, 2.24) is 19.5 Å². The zero-order chi connectivity index (χ0) is 9.42. The summed E-state index contributed by atoms with van der Waals surface area (Å²) in [4.78, 5) is 11.9. The summed E-state index contributed by atoms with van der Waals surface area (Å²) in [5, 5.41) is 0.351. The lowest BCUT2D eigenvalue weighted by Crippen LogP contribution is -2.13. The first-order valence-corrected chi connectivity index (χ1v) is 4.16. The second-order valence-corrected chi connectivity index (χ2v) is 3.09. The molecule has 2 N–H and O–H groups in total. The predicted molar refractivity (Wildman–Crippen MR) is 49.2 cm³/mol. The summed E-state index contributed by atoms with van der Waals surface area (Å²) in [5.41, 5.74) is 6.94.